The van der Waals surface area contributed by atoms with Crippen molar-refractivity contribution in [2.75, 3.05) is 45.2 Å². The Balaban J connectivity index is 1.57. The van der Waals surface area contributed by atoms with E-state index in [1.165, 1.54) is 7.11 Å². The number of likely N-dealkylation sites (tertiary alicyclic amines) is 1. The van der Waals surface area contributed by atoms with E-state index in [2.05, 4.69) is 27.2 Å². The van der Waals surface area contributed by atoms with Crippen molar-refractivity contribution in [2.24, 2.45) is 0 Å². The molecule has 0 bridgehead atoms. The quantitative estimate of drug-likeness (QED) is 0.668. The number of aryl methyl sites for hydroxylation is 1. The van der Waals surface area contributed by atoms with Gasteiger partial charge < -0.3 is 19.6 Å². The van der Waals surface area contributed by atoms with Crippen LogP contribution in [0.15, 0.2) is 24.4 Å². The van der Waals surface area contributed by atoms with Gasteiger partial charge in [0, 0.05) is 37.0 Å². The van der Waals surface area contributed by atoms with Gasteiger partial charge >= 0.3 is 6.01 Å². The number of halogens is 1. The minimum absolute atomic E-state index is 0.125. The fourth-order valence-electron chi connectivity index (χ4n) is 4.91. The molecule has 1 aromatic carbocycles. The van der Waals surface area contributed by atoms with E-state index in [1.807, 2.05) is 36.0 Å². The molecule has 4 heterocycles. The second-order valence-electron chi connectivity index (χ2n) is 8.96. The molecule has 2 aliphatic heterocycles. The van der Waals surface area contributed by atoms with Gasteiger partial charge in [-0.05, 0) is 56.6 Å². The lowest BCUT2D eigenvalue weighted by atomic mass is 9.85. The van der Waals surface area contributed by atoms with Crippen molar-refractivity contribution in [1.82, 2.24) is 24.6 Å². The van der Waals surface area contributed by atoms with Gasteiger partial charge in [0.25, 0.3) is 0 Å². The molecular formula is C23H29FN6O2. The van der Waals surface area contributed by atoms with Crippen LogP contribution in [0.25, 0.3) is 16.7 Å². The van der Waals surface area contributed by atoms with Crippen LogP contribution in [0.4, 0.5) is 10.2 Å². The van der Waals surface area contributed by atoms with Crippen molar-refractivity contribution in [3.63, 3.8) is 0 Å². The zero-order chi connectivity index (χ0) is 22.4. The van der Waals surface area contributed by atoms with E-state index in [1.54, 1.807) is 4.68 Å². The van der Waals surface area contributed by atoms with E-state index in [-0.39, 0.29) is 18.0 Å². The van der Waals surface area contributed by atoms with E-state index in [4.69, 9.17) is 4.74 Å². The predicted molar refractivity (Wildman–Crippen MR) is 121 cm³/mol. The van der Waals surface area contributed by atoms with E-state index in [0.29, 0.717) is 31.1 Å². The Bertz CT molecular complexity index is 1140. The van der Waals surface area contributed by atoms with Gasteiger partial charge in [-0.25, -0.2) is 9.07 Å². The van der Waals surface area contributed by atoms with Crippen LogP contribution in [0.3, 0.4) is 0 Å². The summed E-state index contributed by atoms with van der Waals surface area (Å²) in [6.07, 6.45) is 2.05. The minimum Gasteiger partial charge on any atom is -0.467 e. The molecule has 5 rings (SSSR count). The normalized spacial score (nSPS) is 24.4. The fourth-order valence-corrected chi connectivity index (χ4v) is 4.91. The smallest absolute Gasteiger partial charge is 0.320 e. The van der Waals surface area contributed by atoms with Crippen LogP contribution < -0.4 is 9.64 Å². The van der Waals surface area contributed by atoms with Crippen LogP contribution >= 0.6 is 0 Å². The lowest BCUT2D eigenvalue weighted by molar-refractivity contribution is 0.139. The molecule has 3 aromatic rings. The van der Waals surface area contributed by atoms with Crippen molar-refractivity contribution in [3.05, 3.63) is 35.5 Å². The standard InChI is InChI=1S/C23H29FN6O2/c1-14-8-15-11-25-30(20(15)9-18(14)17-5-6-28(2)13-19(17)24)22-10-21(26-23(27-22)32-3)29-7-4-16(31)12-29/h8-11,16-17,19,31H,4-7,12-13H2,1-3H3/t16-,17?,19?/m0/s1. The molecule has 0 amide bonds. The maximum Gasteiger partial charge on any atom is 0.320 e. The lowest BCUT2D eigenvalue weighted by Crippen LogP contribution is -2.38. The molecule has 0 radical (unpaired) electrons. The number of aliphatic hydroxyl groups excluding tert-OH is 1. The maximum absolute atomic E-state index is 14.9. The van der Waals surface area contributed by atoms with Crippen LogP contribution in [0.2, 0.25) is 0 Å². The highest BCUT2D eigenvalue weighted by molar-refractivity contribution is 5.82. The largest absolute Gasteiger partial charge is 0.467 e. The third kappa shape index (κ3) is 3.80. The number of piperidine rings is 1. The number of ether oxygens (including phenoxy) is 1. The number of nitrogens with zero attached hydrogens (tertiary/aromatic N) is 6. The number of benzene rings is 1. The molecule has 0 saturated carbocycles. The van der Waals surface area contributed by atoms with Gasteiger partial charge in [0.05, 0.1) is 24.9 Å². The second kappa shape index (κ2) is 8.29. The molecule has 0 spiro atoms. The molecule has 2 saturated heterocycles. The molecule has 2 fully saturated rings. The number of aromatic nitrogens is 4. The molecule has 3 atom stereocenters. The van der Waals surface area contributed by atoms with Crippen LogP contribution in [-0.4, -0.2) is 82.4 Å². The van der Waals surface area contributed by atoms with Crippen molar-refractivity contribution in [1.29, 1.82) is 0 Å². The Kier molecular flexibility index (Phi) is 5.46. The van der Waals surface area contributed by atoms with Crippen molar-refractivity contribution in [2.45, 2.75) is 38.0 Å². The Hall–Kier alpha value is -2.78. The second-order valence-corrected chi connectivity index (χ2v) is 8.96. The Morgan fingerprint density at radius 1 is 1.09 bits per heavy atom. The van der Waals surface area contributed by atoms with Crippen LogP contribution in [0, 0.1) is 6.92 Å². The summed E-state index contributed by atoms with van der Waals surface area (Å²) in [5.41, 5.74) is 3.00. The van der Waals surface area contributed by atoms with Crippen LogP contribution in [0.1, 0.15) is 29.9 Å². The first kappa shape index (κ1) is 21.1. The first-order valence-corrected chi connectivity index (χ1v) is 11.1. The Labute approximate surface area is 186 Å². The fraction of sp³-hybridized carbons (Fsp3) is 0.522. The maximum atomic E-state index is 14.9. The number of anilines is 1. The summed E-state index contributed by atoms with van der Waals surface area (Å²) in [5, 5.41) is 15.5. The summed E-state index contributed by atoms with van der Waals surface area (Å²) >= 11 is 0. The molecular weight excluding hydrogens is 411 g/mol. The molecule has 9 heteroatoms. The van der Waals surface area contributed by atoms with Gasteiger partial charge in [0.15, 0.2) is 5.82 Å². The van der Waals surface area contributed by atoms with Gasteiger partial charge in [-0.2, -0.15) is 15.1 Å². The molecule has 1 N–H and O–H groups in total. The SMILES string of the molecule is COc1nc(N2CC[C@H](O)C2)cc(-n2ncc3cc(C)c(C4CCN(C)CC4F)cc32)n1. The summed E-state index contributed by atoms with van der Waals surface area (Å²) in [5.74, 6) is 1.15. The van der Waals surface area contributed by atoms with Gasteiger partial charge in [-0.1, -0.05) is 0 Å². The van der Waals surface area contributed by atoms with Crippen LogP contribution in [0.5, 0.6) is 6.01 Å². The number of rotatable bonds is 4. The zero-order valence-corrected chi connectivity index (χ0v) is 18.7. The molecule has 2 aromatic heterocycles. The van der Waals surface area contributed by atoms with Gasteiger partial charge in [-0.15, -0.1) is 0 Å². The third-order valence-electron chi connectivity index (χ3n) is 6.67. The number of fused-ring (bicyclic) bond motifs is 1. The van der Waals surface area contributed by atoms with E-state index in [0.717, 1.165) is 41.5 Å². The monoisotopic (exact) mass is 440 g/mol. The first-order chi connectivity index (χ1) is 15.4. The minimum atomic E-state index is -0.895. The Morgan fingerprint density at radius 3 is 2.62 bits per heavy atom. The zero-order valence-electron chi connectivity index (χ0n) is 18.7. The highest BCUT2D eigenvalue weighted by Crippen LogP contribution is 2.35. The highest BCUT2D eigenvalue weighted by atomic mass is 19.1. The predicted octanol–water partition coefficient (Wildman–Crippen LogP) is 2.46. The summed E-state index contributed by atoms with van der Waals surface area (Å²) in [7, 11) is 3.50. The van der Waals surface area contributed by atoms with Gasteiger partial charge in [0.1, 0.15) is 12.0 Å². The summed E-state index contributed by atoms with van der Waals surface area (Å²) in [6, 6.07) is 6.25. The number of alkyl halides is 1. The number of hydrogen-bond acceptors (Lipinski definition) is 7. The summed E-state index contributed by atoms with van der Waals surface area (Å²) < 4.78 is 22.1. The third-order valence-corrected chi connectivity index (χ3v) is 6.67. The molecule has 2 aliphatic rings. The number of methoxy groups -OCH3 is 1. The van der Waals surface area contributed by atoms with Crippen molar-refractivity contribution >= 4 is 16.7 Å². The Morgan fingerprint density at radius 2 is 1.91 bits per heavy atom. The first-order valence-electron chi connectivity index (χ1n) is 11.1. The summed E-state index contributed by atoms with van der Waals surface area (Å²) in [6.45, 7) is 4.63. The number of β-amino-alcohol motifs (C(OH)–C–C–N with tert-alkyl or cyclic N) is 1. The van der Waals surface area contributed by atoms with E-state index < -0.39 is 6.17 Å². The molecule has 170 valence electrons. The average Bonchev–Trinajstić information content (AvgIpc) is 3.39. The molecule has 32 heavy (non-hydrogen) atoms. The highest BCUT2D eigenvalue weighted by Gasteiger charge is 2.30. The van der Waals surface area contributed by atoms with Crippen molar-refractivity contribution in [3.8, 4) is 11.8 Å². The number of aliphatic hydroxyl groups is 1. The molecule has 8 nitrogen and oxygen atoms in total. The average molecular weight is 441 g/mol. The van der Waals surface area contributed by atoms with E-state index in [9.17, 15) is 9.50 Å². The van der Waals surface area contributed by atoms with Gasteiger partial charge in [-0.3, -0.25) is 0 Å². The van der Waals surface area contributed by atoms with Gasteiger partial charge in [0.2, 0.25) is 0 Å². The molecule has 2 unspecified atom stereocenters. The topological polar surface area (TPSA) is 79.5 Å². The summed E-state index contributed by atoms with van der Waals surface area (Å²) in [4.78, 5) is 13.1. The van der Waals surface area contributed by atoms with Crippen LogP contribution in [-0.2, 0) is 0 Å². The molecule has 0 aliphatic carbocycles. The lowest BCUT2D eigenvalue weighted by Gasteiger charge is -2.33. The van der Waals surface area contributed by atoms with Crippen molar-refractivity contribution < 1.29 is 14.2 Å². The number of hydrogen-bond donors (Lipinski definition) is 1. The van der Waals surface area contributed by atoms with E-state index >= 15 is 0 Å².